The number of carbonyl (C=O) groups excluding carboxylic acids is 1. The summed E-state index contributed by atoms with van der Waals surface area (Å²) in [7, 11) is -4.05. The summed E-state index contributed by atoms with van der Waals surface area (Å²) in [5.74, 6) is -0.394. The molecule has 1 aliphatic rings. The number of carbonyl (C=O) groups is 1. The zero-order chi connectivity index (χ0) is 36.2. The number of esters is 1. The second kappa shape index (κ2) is 15.0. The van der Waals surface area contributed by atoms with E-state index in [-0.39, 0.29) is 39.9 Å². The SMILES string of the molecule is CCOC(=O)c1cc(S(=O)(=O)c2ccc(CCNc3c(CC(F)(F)F)ccc4c3Cc3ccccc3-4)cc2)cc(CC)c1OCc1ccccc1. The number of benzene rings is 5. The number of fused-ring (bicyclic) bond motifs is 3. The zero-order valence-corrected chi connectivity index (χ0v) is 29.2. The van der Waals surface area contributed by atoms with Gasteiger partial charge in [-0.15, -0.1) is 0 Å². The summed E-state index contributed by atoms with van der Waals surface area (Å²) in [6.45, 7) is 4.17. The largest absolute Gasteiger partial charge is 0.488 e. The zero-order valence-electron chi connectivity index (χ0n) is 28.3. The van der Waals surface area contributed by atoms with E-state index in [0.29, 0.717) is 37.1 Å². The summed E-state index contributed by atoms with van der Waals surface area (Å²) in [4.78, 5) is 13.0. The van der Waals surface area contributed by atoms with Gasteiger partial charge in [0.25, 0.3) is 0 Å². The maximum Gasteiger partial charge on any atom is 0.393 e. The van der Waals surface area contributed by atoms with Crippen LogP contribution in [0.1, 0.15) is 57.6 Å². The molecule has 5 aromatic rings. The van der Waals surface area contributed by atoms with Gasteiger partial charge >= 0.3 is 12.1 Å². The lowest BCUT2D eigenvalue weighted by atomic mass is 9.98. The Balaban J connectivity index is 1.21. The van der Waals surface area contributed by atoms with E-state index in [0.717, 1.165) is 33.4 Å². The van der Waals surface area contributed by atoms with Crippen LogP contribution >= 0.6 is 0 Å². The second-order valence-electron chi connectivity index (χ2n) is 12.4. The number of rotatable bonds is 13. The van der Waals surface area contributed by atoms with E-state index >= 15 is 0 Å². The molecule has 0 radical (unpaired) electrons. The van der Waals surface area contributed by atoms with Crippen molar-refractivity contribution in [3.63, 3.8) is 0 Å². The lowest BCUT2D eigenvalue weighted by Crippen LogP contribution is -2.16. The van der Waals surface area contributed by atoms with Crippen LogP contribution < -0.4 is 10.1 Å². The molecule has 0 amide bonds. The Kier molecular flexibility index (Phi) is 10.5. The Morgan fingerprint density at radius 2 is 1.53 bits per heavy atom. The summed E-state index contributed by atoms with van der Waals surface area (Å²) >= 11 is 0. The van der Waals surface area contributed by atoms with Gasteiger partial charge < -0.3 is 14.8 Å². The van der Waals surface area contributed by atoms with Crippen molar-refractivity contribution in [3.05, 3.63) is 142 Å². The highest BCUT2D eigenvalue weighted by Crippen LogP contribution is 2.43. The summed E-state index contributed by atoms with van der Waals surface area (Å²) in [5.41, 5.74) is 6.87. The van der Waals surface area contributed by atoms with E-state index < -0.39 is 28.4 Å². The highest BCUT2D eigenvalue weighted by Gasteiger charge is 2.31. The van der Waals surface area contributed by atoms with Crippen LogP contribution in [0.3, 0.4) is 0 Å². The molecule has 0 fully saturated rings. The van der Waals surface area contributed by atoms with Gasteiger partial charge in [-0.3, -0.25) is 0 Å². The van der Waals surface area contributed by atoms with Gasteiger partial charge in [-0.25, -0.2) is 13.2 Å². The molecule has 0 spiro atoms. The molecule has 1 aliphatic carbocycles. The molecule has 0 aliphatic heterocycles. The lowest BCUT2D eigenvalue weighted by Gasteiger charge is -2.18. The first-order valence-electron chi connectivity index (χ1n) is 16.9. The average molecular weight is 714 g/mol. The van der Waals surface area contributed by atoms with E-state index in [4.69, 9.17) is 9.47 Å². The van der Waals surface area contributed by atoms with Crippen molar-refractivity contribution in [2.45, 2.75) is 62.1 Å². The van der Waals surface area contributed by atoms with Crippen LogP contribution in [0.2, 0.25) is 0 Å². The minimum Gasteiger partial charge on any atom is -0.488 e. The highest BCUT2D eigenvalue weighted by atomic mass is 32.2. The van der Waals surface area contributed by atoms with Gasteiger partial charge in [0.2, 0.25) is 9.84 Å². The number of alkyl halides is 3. The monoisotopic (exact) mass is 713 g/mol. The molecule has 0 saturated heterocycles. The van der Waals surface area contributed by atoms with Gasteiger partial charge in [-0.1, -0.05) is 85.8 Å². The topological polar surface area (TPSA) is 81.7 Å². The number of anilines is 1. The summed E-state index contributed by atoms with van der Waals surface area (Å²) in [6, 6.07) is 29.8. The third-order valence-corrected chi connectivity index (χ3v) is 10.7. The summed E-state index contributed by atoms with van der Waals surface area (Å²) in [5, 5.41) is 3.28. The molecule has 6 rings (SSSR count). The van der Waals surface area contributed by atoms with E-state index in [1.807, 2.05) is 61.5 Å². The number of sulfone groups is 1. The van der Waals surface area contributed by atoms with Crippen molar-refractivity contribution in [1.29, 1.82) is 0 Å². The van der Waals surface area contributed by atoms with Gasteiger partial charge in [0.15, 0.2) is 0 Å². The van der Waals surface area contributed by atoms with Gasteiger partial charge in [-0.2, -0.15) is 13.2 Å². The van der Waals surface area contributed by atoms with Gasteiger partial charge in [0.05, 0.1) is 22.8 Å². The number of hydrogen-bond donors (Lipinski definition) is 1. The maximum atomic E-state index is 13.9. The first-order valence-corrected chi connectivity index (χ1v) is 18.3. The number of halogens is 3. The predicted octanol–water partition coefficient (Wildman–Crippen LogP) is 9.17. The quantitative estimate of drug-likeness (QED) is 0.120. The standard InChI is InChI=1S/C41H38F3NO5S/c1-3-29-22-33(24-37(40(46)49-4-2)39(29)50-26-28-10-6-5-7-11-28)51(47,48)32-17-14-27(15-18-32)20-21-45-38-31(25-41(42,43)44)16-19-35-34-13-9-8-12-30(34)23-36(35)38/h5-19,22,24,45H,3-4,20-21,23,25-26H2,1-2H3. The minimum absolute atomic E-state index is 0.0359. The molecule has 0 heterocycles. The van der Waals surface area contributed by atoms with Crippen molar-refractivity contribution < 1.29 is 35.9 Å². The van der Waals surface area contributed by atoms with E-state index in [1.165, 1.54) is 24.3 Å². The van der Waals surface area contributed by atoms with Crippen molar-refractivity contribution in [2.24, 2.45) is 0 Å². The third kappa shape index (κ3) is 7.96. The summed E-state index contributed by atoms with van der Waals surface area (Å²) in [6.07, 6.45) is -3.99. The fourth-order valence-electron chi connectivity index (χ4n) is 6.48. The van der Waals surface area contributed by atoms with Crippen LogP contribution in [0.25, 0.3) is 11.1 Å². The molecule has 1 N–H and O–H groups in total. The van der Waals surface area contributed by atoms with Gasteiger partial charge in [0, 0.05) is 18.7 Å². The molecule has 51 heavy (non-hydrogen) atoms. The Hall–Kier alpha value is -5.09. The van der Waals surface area contributed by atoms with Crippen LogP contribution in [0.15, 0.2) is 113 Å². The molecular formula is C41H38F3NO5S. The number of hydrogen-bond acceptors (Lipinski definition) is 6. The van der Waals surface area contributed by atoms with Crippen LogP contribution in [0.5, 0.6) is 5.75 Å². The van der Waals surface area contributed by atoms with Crippen molar-refractivity contribution in [3.8, 4) is 16.9 Å². The van der Waals surface area contributed by atoms with Crippen LogP contribution in [0.4, 0.5) is 18.9 Å². The van der Waals surface area contributed by atoms with Gasteiger partial charge in [-0.05, 0) is 88.5 Å². The number of ether oxygens (including phenoxy) is 2. The number of nitrogens with one attached hydrogen (secondary N) is 1. The Bertz CT molecular complexity index is 2150. The highest BCUT2D eigenvalue weighted by molar-refractivity contribution is 7.91. The smallest absolute Gasteiger partial charge is 0.393 e. The van der Waals surface area contributed by atoms with E-state index in [1.54, 1.807) is 31.2 Å². The maximum absolute atomic E-state index is 13.9. The summed E-state index contributed by atoms with van der Waals surface area (Å²) < 4.78 is 79.7. The molecule has 0 unspecified atom stereocenters. The minimum atomic E-state index is -4.36. The molecule has 0 aromatic heterocycles. The molecule has 10 heteroatoms. The predicted molar refractivity (Wildman–Crippen MR) is 191 cm³/mol. The molecule has 264 valence electrons. The second-order valence-corrected chi connectivity index (χ2v) is 14.3. The van der Waals surface area contributed by atoms with Crippen LogP contribution in [0, 0.1) is 0 Å². The van der Waals surface area contributed by atoms with Crippen molar-refractivity contribution >= 4 is 21.5 Å². The average Bonchev–Trinajstić information content (AvgIpc) is 3.50. The first-order chi connectivity index (χ1) is 24.5. The van der Waals surface area contributed by atoms with Crippen LogP contribution in [-0.2, 0) is 46.9 Å². The molecule has 0 atom stereocenters. The molecule has 6 nitrogen and oxygen atoms in total. The van der Waals surface area contributed by atoms with Crippen LogP contribution in [-0.4, -0.2) is 33.7 Å². The Morgan fingerprint density at radius 3 is 2.24 bits per heavy atom. The first kappa shape index (κ1) is 35.7. The molecule has 5 aromatic carbocycles. The molecule has 0 bridgehead atoms. The van der Waals surface area contributed by atoms with E-state index in [2.05, 4.69) is 5.32 Å². The molecular weight excluding hydrogens is 676 g/mol. The molecule has 0 saturated carbocycles. The normalized spacial score (nSPS) is 12.3. The third-order valence-electron chi connectivity index (χ3n) is 8.97. The Morgan fingerprint density at radius 1 is 0.804 bits per heavy atom. The Labute approximate surface area is 296 Å². The number of aryl methyl sites for hydroxylation is 1. The van der Waals surface area contributed by atoms with Crippen molar-refractivity contribution in [2.75, 3.05) is 18.5 Å². The lowest BCUT2D eigenvalue weighted by molar-refractivity contribution is -0.127. The van der Waals surface area contributed by atoms with Crippen molar-refractivity contribution in [1.82, 2.24) is 0 Å². The fraction of sp³-hybridized carbons (Fsp3) is 0.244. The van der Waals surface area contributed by atoms with E-state index in [9.17, 15) is 26.4 Å². The fourth-order valence-corrected chi connectivity index (χ4v) is 7.82. The van der Waals surface area contributed by atoms with Gasteiger partial charge in [0.1, 0.15) is 17.9 Å².